The molecule has 1 rings (SSSR count). The van der Waals surface area contributed by atoms with E-state index in [1.807, 2.05) is 6.07 Å². The van der Waals surface area contributed by atoms with Gasteiger partial charge in [0.15, 0.2) is 0 Å². The lowest BCUT2D eigenvalue weighted by Gasteiger charge is -2.25. The zero-order chi connectivity index (χ0) is 12.1. The predicted molar refractivity (Wildman–Crippen MR) is 70.6 cm³/mol. The number of nitrogens with two attached hydrogens (primary N) is 1. The van der Waals surface area contributed by atoms with Crippen molar-refractivity contribution in [3.05, 3.63) is 28.8 Å². The maximum atomic E-state index is 7.56. The molecule has 0 unspecified atom stereocenters. The number of nitrogens with zero attached hydrogens (tertiary/aromatic N) is 1. The molecule has 16 heavy (non-hydrogen) atoms. The average molecular weight is 240 g/mol. The van der Waals surface area contributed by atoms with E-state index in [1.165, 1.54) is 0 Å². The van der Waals surface area contributed by atoms with Gasteiger partial charge in [-0.1, -0.05) is 18.5 Å². The fraction of sp³-hybridized carbons (Fsp3) is 0.417. The second-order valence-corrected chi connectivity index (χ2v) is 4.09. The number of anilines is 1. The van der Waals surface area contributed by atoms with Crippen LogP contribution in [0.1, 0.15) is 25.8 Å². The van der Waals surface area contributed by atoms with Crippen molar-refractivity contribution >= 4 is 23.1 Å². The number of hydrogen-bond acceptors (Lipinski definition) is 2. The minimum absolute atomic E-state index is 0.0845. The van der Waals surface area contributed by atoms with Crippen LogP contribution in [0.5, 0.6) is 0 Å². The van der Waals surface area contributed by atoms with Crippen LogP contribution in [0.2, 0.25) is 5.02 Å². The van der Waals surface area contributed by atoms with Gasteiger partial charge in [-0.25, -0.2) is 0 Å². The van der Waals surface area contributed by atoms with E-state index in [2.05, 4.69) is 18.7 Å². The van der Waals surface area contributed by atoms with E-state index in [-0.39, 0.29) is 5.84 Å². The van der Waals surface area contributed by atoms with Crippen molar-refractivity contribution in [1.82, 2.24) is 0 Å². The van der Waals surface area contributed by atoms with E-state index in [4.69, 9.17) is 22.7 Å². The molecular formula is C12H18ClN3. The van der Waals surface area contributed by atoms with Crippen LogP contribution in [-0.4, -0.2) is 18.9 Å². The monoisotopic (exact) mass is 239 g/mol. The Labute approximate surface area is 102 Å². The molecule has 1 aromatic carbocycles. The van der Waals surface area contributed by atoms with Gasteiger partial charge in [0, 0.05) is 29.4 Å². The summed E-state index contributed by atoms with van der Waals surface area (Å²) in [6.07, 6.45) is 1.05. The lowest BCUT2D eigenvalue weighted by Crippen LogP contribution is -2.26. The molecule has 0 saturated heterocycles. The largest absolute Gasteiger partial charge is 0.384 e. The summed E-state index contributed by atoms with van der Waals surface area (Å²) in [6, 6.07) is 5.44. The summed E-state index contributed by atoms with van der Waals surface area (Å²) in [5, 5.41) is 8.23. The SMILES string of the molecule is CCCN(CC)c1cc(Cl)ccc1C(=N)N. The topological polar surface area (TPSA) is 53.1 Å². The molecule has 0 aliphatic rings. The fourth-order valence-corrected chi connectivity index (χ4v) is 1.88. The summed E-state index contributed by atoms with van der Waals surface area (Å²) < 4.78 is 0. The van der Waals surface area contributed by atoms with E-state index in [0.29, 0.717) is 5.02 Å². The van der Waals surface area contributed by atoms with Crippen LogP contribution >= 0.6 is 11.6 Å². The molecule has 0 aliphatic heterocycles. The predicted octanol–water partition coefficient (Wildman–Crippen LogP) is 2.86. The van der Waals surface area contributed by atoms with Crippen molar-refractivity contribution < 1.29 is 0 Å². The molecule has 0 spiro atoms. The maximum absolute atomic E-state index is 7.56. The second kappa shape index (κ2) is 5.75. The Balaban J connectivity index is 3.16. The van der Waals surface area contributed by atoms with E-state index < -0.39 is 0 Å². The highest BCUT2D eigenvalue weighted by atomic mass is 35.5. The van der Waals surface area contributed by atoms with Gasteiger partial charge in [-0.05, 0) is 31.5 Å². The second-order valence-electron chi connectivity index (χ2n) is 3.65. The van der Waals surface area contributed by atoms with Crippen molar-refractivity contribution in [1.29, 1.82) is 5.41 Å². The summed E-state index contributed by atoms with van der Waals surface area (Å²) in [4.78, 5) is 2.18. The molecule has 0 heterocycles. The molecule has 3 nitrogen and oxygen atoms in total. The molecule has 0 aliphatic carbocycles. The van der Waals surface area contributed by atoms with E-state index >= 15 is 0 Å². The van der Waals surface area contributed by atoms with Crippen molar-refractivity contribution in [2.24, 2.45) is 5.73 Å². The van der Waals surface area contributed by atoms with Gasteiger partial charge in [-0.2, -0.15) is 0 Å². The Morgan fingerprint density at radius 2 is 2.12 bits per heavy atom. The van der Waals surface area contributed by atoms with Gasteiger partial charge in [0.05, 0.1) is 0 Å². The number of hydrogen-bond donors (Lipinski definition) is 2. The highest BCUT2D eigenvalue weighted by molar-refractivity contribution is 6.31. The molecule has 0 radical (unpaired) electrons. The molecule has 0 aromatic heterocycles. The summed E-state index contributed by atoms with van der Waals surface area (Å²) in [5.41, 5.74) is 7.27. The van der Waals surface area contributed by atoms with Crippen LogP contribution in [0, 0.1) is 5.41 Å². The Kier molecular flexibility index (Phi) is 4.62. The van der Waals surface area contributed by atoms with Crippen LogP contribution < -0.4 is 10.6 Å². The molecule has 0 fully saturated rings. The third kappa shape index (κ3) is 2.89. The molecule has 0 atom stereocenters. The van der Waals surface area contributed by atoms with Crippen molar-refractivity contribution in [2.75, 3.05) is 18.0 Å². The van der Waals surface area contributed by atoms with Crippen molar-refractivity contribution in [2.45, 2.75) is 20.3 Å². The van der Waals surface area contributed by atoms with Crippen LogP contribution in [-0.2, 0) is 0 Å². The van der Waals surface area contributed by atoms with Crippen LogP contribution in [0.15, 0.2) is 18.2 Å². The molecule has 0 saturated carbocycles. The summed E-state index contributed by atoms with van der Waals surface area (Å²) in [5.74, 6) is 0.0845. The lowest BCUT2D eigenvalue weighted by molar-refractivity contribution is 0.791. The first-order valence-electron chi connectivity index (χ1n) is 5.49. The highest BCUT2D eigenvalue weighted by Gasteiger charge is 2.11. The number of benzene rings is 1. The Bertz CT molecular complexity index is 377. The minimum atomic E-state index is 0.0845. The summed E-state index contributed by atoms with van der Waals surface area (Å²) in [7, 11) is 0. The Morgan fingerprint density at radius 3 is 2.62 bits per heavy atom. The molecule has 0 bridgehead atoms. The van der Waals surface area contributed by atoms with Crippen LogP contribution in [0.25, 0.3) is 0 Å². The van der Waals surface area contributed by atoms with Gasteiger partial charge in [-0.15, -0.1) is 0 Å². The van der Waals surface area contributed by atoms with E-state index in [1.54, 1.807) is 12.1 Å². The van der Waals surface area contributed by atoms with Crippen LogP contribution in [0.4, 0.5) is 5.69 Å². The third-order valence-corrected chi connectivity index (χ3v) is 2.70. The third-order valence-electron chi connectivity index (χ3n) is 2.47. The van der Waals surface area contributed by atoms with Gasteiger partial charge in [0.1, 0.15) is 5.84 Å². The van der Waals surface area contributed by atoms with Gasteiger partial charge in [0.25, 0.3) is 0 Å². The van der Waals surface area contributed by atoms with Gasteiger partial charge < -0.3 is 10.6 Å². The standard InChI is InChI=1S/C12H18ClN3/c1-3-7-16(4-2)11-8-9(13)5-6-10(11)12(14)15/h5-6,8H,3-4,7H2,1-2H3,(H3,14,15). The summed E-state index contributed by atoms with van der Waals surface area (Å²) in [6.45, 7) is 6.03. The van der Waals surface area contributed by atoms with E-state index in [0.717, 1.165) is 30.8 Å². The van der Waals surface area contributed by atoms with E-state index in [9.17, 15) is 0 Å². The quantitative estimate of drug-likeness (QED) is 0.613. The Morgan fingerprint density at radius 1 is 1.44 bits per heavy atom. The zero-order valence-corrected chi connectivity index (χ0v) is 10.5. The summed E-state index contributed by atoms with van der Waals surface area (Å²) >= 11 is 5.98. The molecule has 88 valence electrons. The first-order valence-corrected chi connectivity index (χ1v) is 5.86. The molecule has 1 aromatic rings. The number of nitrogen functional groups attached to an aromatic ring is 1. The lowest BCUT2D eigenvalue weighted by atomic mass is 10.1. The zero-order valence-electron chi connectivity index (χ0n) is 9.76. The Hall–Kier alpha value is -1.22. The first-order chi connectivity index (χ1) is 7.60. The minimum Gasteiger partial charge on any atom is -0.384 e. The van der Waals surface area contributed by atoms with Gasteiger partial charge >= 0.3 is 0 Å². The van der Waals surface area contributed by atoms with Gasteiger partial charge in [-0.3, -0.25) is 5.41 Å². The molecule has 3 N–H and O–H groups in total. The van der Waals surface area contributed by atoms with Crippen molar-refractivity contribution in [3.63, 3.8) is 0 Å². The smallest absolute Gasteiger partial charge is 0.124 e. The average Bonchev–Trinajstić information content (AvgIpc) is 2.25. The number of amidine groups is 1. The normalized spacial score (nSPS) is 10.2. The fourth-order valence-electron chi connectivity index (χ4n) is 1.71. The molecule has 4 heteroatoms. The number of rotatable bonds is 5. The van der Waals surface area contributed by atoms with Crippen molar-refractivity contribution in [3.8, 4) is 0 Å². The molecular weight excluding hydrogens is 222 g/mol. The van der Waals surface area contributed by atoms with Crippen LogP contribution in [0.3, 0.4) is 0 Å². The van der Waals surface area contributed by atoms with Gasteiger partial charge in [0.2, 0.25) is 0 Å². The maximum Gasteiger partial charge on any atom is 0.124 e. The first kappa shape index (κ1) is 12.8. The molecule has 0 amide bonds. The number of halogens is 1. The number of nitrogens with one attached hydrogen (secondary N) is 1. The highest BCUT2D eigenvalue weighted by Crippen LogP contribution is 2.24.